The third kappa shape index (κ3) is 6.90. The van der Waals surface area contributed by atoms with Crippen molar-refractivity contribution < 1.29 is 35.0 Å². The van der Waals surface area contributed by atoms with Crippen LogP contribution in [-0.2, 0) is 27.2 Å². The molecule has 2 aromatic heterocycles. The first-order valence-electron chi connectivity index (χ1n) is 11.2. The summed E-state index contributed by atoms with van der Waals surface area (Å²) in [6.45, 7) is -0.117. The van der Waals surface area contributed by atoms with Crippen molar-refractivity contribution in [3.05, 3.63) is 77.1 Å². The Bertz CT molecular complexity index is 1390. The van der Waals surface area contributed by atoms with Crippen LogP contribution in [0, 0.1) is 11.7 Å². The number of halogens is 4. The van der Waals surface area contributed by atoms with E-state index >= 15 is 0 Å². The fraction of sp³-hybridized carbons (Fsp3) is 0.348. The summed E-state index contributed by atoms with van der Waals surface area (Å²) >= 11 is 0. The lowest BCUT2D eigenvalue weighted by molar-refractivity contribution is -0.140. The first-order chi connectivity index (χ1) is 17.4. The van der Waals surface area contributed by atoms with Crippen molar-refractivity contribution in [2.45, 2.75) is 38.0 Å². The van der Waals surface area contributed by atoms with Gasteiger partial charge in [0.25, 0.3) is 0 Å². The Balaban J connectivity index is 1.44. The second-order valence-electron chi connectivity index (χ2n) is 8.76. The topological polar surface area (TPSA) is 129 Å². The molecule has 1 aliphatic rings. The number of rotatable bonds is 9. The zero-order valence-corrected chi connectivity index (χ0v) is 20.1. The van der Waals surface area contributed by atoms with E-state index in [4.69, 9.17) is 5.14 Å². The minimum Gasteiger partial charge on any atom is -0.382 e. The maximum absolute atomic E-state index is 13.6. The summed E-state index contributed by atoms with van der Waals surface area (Å²) in [4.78, 5) is 17.2. The molecule has 0 saturated heterocycles. The van der Waals surface area contributed by atoms with Gasteiger partial charge in [0.2, 0.25) is 5.78 Å². The molecular formula is C23H23F4N5O4S. The van der Waals surface area contributed by atoms with Crippen molar-refractivity contribution in [2.75, 3.05) is 11.9 Å². The van der Waals surface area contributed by atoms with Gasteiger partial charge in [0.05, 0.1) is 24.3 Å². The van der Waals surface area contributed by atoms with E-state index in [1.165, 1.54) is 35.4 Å². The van der Waals surface area contributed by atoms with E-state index in [-0.39, 0.29) is 41.9 Å². The lowest BCUT2D eigenvalue weighted by Gasteiger charge is -2.16. The molecular weight excluding hydrogens is 518 g/mol. The van der Waals surface area contributed by atoms with E-state index in [1.807, 2.05) is 0 Å². The second-order valence-corrected chi connectivity index (χ2v) is 9.98. The minimum atomic E-state index is -4.83. The molecule has 3 N–H and O–H groups in total. The molecule has 3 aromatic rings. The molecule has 0 bridgehead atoms. The number of nitrogens with zero attached hydrogens (tertiary/aromatic N) is 3. The number of benzene rings is 1. The largest absolute Gasteiger partial charge is 0.419 e. The quantitative estimate of drug-likeness (QED) is 0.313. The normalized spacial score (nSPS) is 18.2. The van der Waals surface area contributed by atoms with Crippen LogP contribution in [0.4, 0.5) is 23.2 Å². The Morgan fingerprint density at radius 2 is 2.00 bits per heavy atom. The average molecular weight is 542 g/mol. The van der Waals surface area contributed by atoms with E-state index in [0.717, 1.165) is 12.5 Å². The van der Waals surface area contributed by atoms with Crippen LogP contribution in [0.15, 0.2) is 48.9 Å². The Hall–Kier alpha value is -3.36. The zero-order valence-electron chi connectivity index (χ0n) is 19.3. The van der Waals surface area contributed by atoms with Crippen molar-refractivity contribution in [1.29, 1.82) is 0 Å². The smallest absolute Gasteiger partial charge is 0.382 e. The molecule has 9 nitrogen and oxygen atoms in total. The molecule has 2 heterocycles. The standard InChI is InChI=1S/C23H23F4N5O4S/c24-19-4-2-14(10-18(19)23(25,26)27)12-32-8-6-21(31-32)22(33)17-11-29-7-5-20(17)30-16-3-1-15(9-16)13-36-37(28,34)35/h2,4-8,10-11,15-16H,1,3,9,12-13H2,(H,29,30)(H2,28,34,35)/t15-,16+/m1/s1. The third-order valence-corrected chi connectivity index (χ3v) is 6.45. The summed E-state index contributed by atoms with van der Waals surface area (Å²) in [7, 11) is -4.01. The van der Waals surface area contributed by atoms with Gasteiger partial charge in [0.1, 0.15) is 11.5 Å². The molecule has 1 fully saturated rings. The van der Waals surface area contributed by atoms with Gasteiger partial charge in [-0.25, -0.2) is 9.53 Å². The molecule has 0 spiro atoms. The van der Waals surface area contributed by atoms with Crippen LogP contribution in [0.3, 0.4) is 0 Å². The molecule has 14 heteroatoms. The Kier molecular flexibility index (Phi) is 7.62. The first kappa shape index (κ1) is 26.7. The highest BCUT2D eigenvalue weighted by molar-refractivity contribution is 7.84. The van der Waals surface area contributed by atoms with Gasteiger partial charge in [-0.05, 0) is 55.0 Å². The predicted molar refractivity (Wildman–Crippen MR) is 124 cm³/mol. The van der Waals surface area contributed by atoms with E-state index in [1.54, 1.807) is 6.07 Å². The third-order valence-electron chi connectivity index (χ3n) is 5.99. The average Bonchev–Trinajstić information content (AvgIpc) is 3.47. The summed E-state index contributed by atoms with van der Waals surface area (Å²) in [5.41, 5.74) is -0.384. The van der Waals surface area contributed by atoms with Crippen molar-refractivity contribution in [2.24, 2.45) is 11.1 Å². The number of carbonyl (C=O) groups is 1. The summed E-state index contributed by atoms with van der Waals surface area (Å²) in [5, 5.41) is 12.3. The Morgan fingerprint density at radius 3 is 2.73 bits per heavy atom. The molecule has 0 amide bonds. The van der Waals surface area contributed by atoms with Gasteiger partial charge in [-0.3, -0.25) is 18.6 Å². The number of alkyl halides is 3. The van der Waals surface area contributed by atoms with Gasteiger partial charge >= 0.3 is 16.5 Å². The predicted octanol–water partition coefficient (Wildman–Crippen LogP) is 3.52. The maximum atomic E-state index is 13.6. The molecule has 0 aliphatic heterocycles. The van der Waals surface area contributed by atoms with Crippen LogP contribution in [0.2, 0.25) is 0 Å². The number of nitrogens with two attached hydrogens (primary N) is 1. The molecule has 4 rings (SSSR count). The fourth-order valence-electron chi connectivity index (χ4n) is 4.25. The number of hydrogen-bond donors (Lipinski definition) is 2. The van der Waals surface area contributed by atoms with Crippen LogP contribution >= 0.6 is 0 Å². The number of nitrogens with one attached hydrogen (secondary N) is 1. The number of pyridine rings is 1. The number of carbonyl (C=O) groups excluding carboxylic acids is 1. The van der Waals surface area contributed by atoms with Crippen LogP contribution in [0.1, 0.15) is 46.4 Å². The molecule has 198 valence electrons. The van der Waals surface area contributed by atoms with Crippen molar-refractivity contribution in [3.8, 4) is 0 Å². The van der Waals surface area contributed by atoms with E-state index in [2.05, 4.69) is 19.6 Å². The molecule has 2 atom stereocenters. The van der Waals surface area contributed by atoms with Crippen LogP contribution in [0.25, 0.3) is 0 Å². The maximum Gasteiger partial charge on any atom is 0.419 e. The highest BCUT2D eigenvalue weighted by atomic mass is 32.2. The van der Waals surface area contributed by atoms with E-state index < -0.39 is 33.6 Å². The SMILES string of the molecule is NS(=O)(=O)OC[C@@H]1CC[C@H](Nc2ccncc2C(=O)c2ccn(Cc3ccc(F)c(C(F)(F)F)c3)n2)C1. The summed E-state index contributed by atoms with van der Waals surface area (Å²) in [6.07, 6.45) is 1.56. The van der Waals surface area contributed by atoms with Crippen molar-refractivity contribution in [3.63, 3.8) is 0 Å². The van der Waals surface area contributed by atoms with Crippen LogP contribution in [-0.4, -0.2) is 41.6 Å². The number of anilines is 1. The van der Waals surface area contributed by atoms with Gasteiger partial charge in [0, 0.05) is 30.3 Å². The van der Waals surface area contributed by atoms with Gasteiger partial charge in [-0.1, -0.05) is 6.07 Å². The molecule has 0 radical (unpaired) electrons. The van der Waals surface area contributed by atoms with Gasteiger partial charge < -0.3 is 5.32 Å². The van der Waals surface area contributed by atoms with Gasteiger partial charge in [-0.2, -0.15) is 26.7 Å². The monoisotopic (exact) mass is 541 g/mol. The van der Waals surface area contributed by atoms with Crippen molar-refractivity contribution >= 4 is 21.8 Å². The van der Waals surface area contributed by atoms with Crippen molar-refractivity contribution in [1.82, 2.24) is 14.8 Å². The fourth-order valence-corrected chi connectivity index (χ4v) is 4.64. The molecule has 1 saturated carbocycles. The molecule has 37 heavy (non-hydrogen) atoms. The number of aromatic nitrogens is 3. The molecule has 1 aromatic carbocycles. The lowest BCUT2D eigenvalue weighted by atomic mass is 10.1. The summed E-state index contributed by atoms with van der Waals surface area (Å²) in [5.74, 6) is -1.83. The van der Waals surface area contributed by atoms with Gasteiger partial charge in [0.15, 0.2) is 0 Å². The number of ketones is 1. The van der Waals surface area contributed by atoms with Crippen LogP contribution < -0.4 is 10.5 Å². The number of hydrogen-bond acceptors (Lipinski definition) is 7. The zero-order chi connectivity index (χ0) is 26.8. The Morgan fingerprint density at radius 1 is 1.22 bits per heavy atom. The lowest BCUT2D eigenvalue weighted by Crippen LogP contribution is -2.21. The van der Waals surface area contributed by atoms with E-state index in [9.17, 15) is 30.8 Å². The Labute approximate surface area is 209 Å². The highest BCUT2D eigenvalue weighted by Gasteiger charge is 2.34. The first-order valence-corrected chi connectivity index (χ1v) is 12.7. The molecule has 1 aliphatic carbocycles. The van der Waals surface area contributed by atoms with Crippen LogP contribution in [0.5, 0.6) is 0 Å². The summed E-state index contributed by atoms with van der Waals surface area (Å²) in [6, 6.07) is 5.71. The molecule has 0 unspecified atom stereocenters. The highest BCUT2D eigenvalue weighted by Crippen LogP contribution is 2.32. The minimum absolute atomic E-state index is 0.0168. The van der Waals surface area contributed by atoms with E-state index in [0.29, 0.717) is 24.6 Å². The second kappa shape index (κ2) is 10.6. The van der Waals surface area contributed by atoms with Gasteiger partial charge in [-0.15, -0.1) is 0 Å². The summed E-state index contributed by atoms with van der Waals surface area (Å²) < 4.78 is 80.6.